The number of allylic oxidation sites excluding steroid dienone is 1. The van der Waals surface area contributed by atoms with Crippen LogP contribution in [-0.2, 0) is 47.6 Å². The molecule has 3 aliphatic heterocycles. The molecule has 8 atom stereocenters. The third-order valence-electron chi connectivity index (χ3n) is 6.90. The lowest BCUT2D eigenvalue weighted by atomic mass is 9.76. The number of hydrogen-bond acceptors (Lipinski definition) is 10. The van der Waals surface area contributed by atoms with Crippen molar-refractivity contribution < 1.29 is 47.6 Å². The number of hydrogen-bond donors (Lipinski definition) is 0. The predicted octanol–water partition coefficient (Wildman–Crippen LogP) is 1.36. The zero-order valence-corrected chi connectivity index (χ0v) is 19.2. The van der Waals surface area contributed by atoms with Crippen molar-refractivity contribution in [3.63, 3.8) is 0 Å². The Balaban J connectivity index is 1.83. The molecule has 0 aromatic heterocycles. The predicted molar refractivity (Wildman–Crippen MR) is 109 cm³/mol. The molecule has 1 aliphatic carbocycles. The van der Waals surface area contributed by atoms with E-state index in [1.165, 1.54) is 14.0 Å². The molecule has 0 saturated carbocycles. The molecule has 0 aromatic carbocycles. The number of fused-ring (bicyclic) bond motifs is 3. The Morgan fingerprint density at radius 1 is 1.21 bits per heavy atom. The molecule has 4 aliphatic rings. The van der Waals surface area contributed by atoms with Crippen molar-refractivity contribution in [3.8, 4) is 0 Å². The lowest BCUT2D eigenvalue weighted by Gasteiger charge is -2.33. The quantitative estimate of drug-likeness (QED) is 0.260. The Morgan fingerprint density at radius 2 is 1.88 bits per heavy atom. The minimum Gasteiger partial charge on any atom is -0.466 e. The van der Waals surface area contributed by atoms with Crippen LogP contribution in [0.5, 0.6) is 0 Å². The number of ether oxygens (including phenoxy) is 6. The van der Waals surface area contributed by atoms with Crippen LogP contribution in [-0.4, -0.2) is 66.8 Å². The molecular formula is C23H28O10. The number of carbonyl (C=O) groups is 4. The molecule has 0 radical (unpaired) electrons. The van der Waals surface area contributed by atoms with Crippen molar-refractivity contribution >= 4 is 23.9 Å². The second kappa shape index (κ2) is 7.95. The van der Waals surface area contributed by atoms with Crippen LogP contribution >= 0.6 is 0 Å². The van der Waals surface area contributed by atoms with E-state index in [0.717, 1.165) is 0 Å². The third kappa shape index (κ3) is 4.06. The molecule has 0 N–H and O–H groups in total. The molecule has 0 amide bonds. The Morgan fingerprint density at radius 3 is 2.45 bits per heavy atom. The summed E-state index contributed by atoms with van der Waals surface area (Å²) in [6.45, 7) is 10.2. The van der Waals surface area contributed by atoms with Crippen LogP contribution in [0.4, 0.5) is 0 Å². The molecule has 10 heteroatoms. The van der Waals surface area contributed by atoms with Crippen LogP contribution < -0.4 is 0 Å². The van der Waals surface area contributed by atoms with E-state index in [1.807, 2.05) is 6.92 Å². The molecule has 3 saturated heterocycles. The normalized spacial score (nSPS) is 43.1. The van der Waals surface area contributed by atoms with Gasteiger partial charge in [-0.05, 0) is 26.7 Å². The van der Waals surface area contributed by atoms with Crippen LogP contribution in [0.15, 0.2) is 23.8 Å². The van der Waals surface area contributed by atoms with Gasteiger partial charge in [-0.15, -0.1) is 0 Å². The number of epoxide rings is 2. The van der Waals surface area contributed by atoms with Crippen molar-refractivity contribution in [2.45, 2.75) is 76.3 Å². The second-order valence-electron chi connectivity index (χ2n) is 9.21. The molecule has 0 spiro atoms. The zero-order chi connectivity index (χ0) is 24.3. The van der Waals surface area contributed by atoms with E-state index in [1.54, 1.807) is 19.9 Å². The highest BCUT2D eigenvalue weighted by Gasteiger charge is 2.65. The maximum absolute atomic E-state index is 13.5. The molecule has 3 fully saturated rings. The van der Waals surface area contributed by atoms with Crippen molar-refractivity contribution in [1.29, 1.82) is 0 Å². The topological polar surface area (TPSA) is 130 Å². The van der Waals surface area contributed by atoms with Crippen molar-refractivity contribution in [1.82, 2.24) is 0 Å². The zero-order valence-electron chi connectivity index (χ0n) is 19.2. The summed E-state index contributed by atoms with van der Waals surface area (Å²) in [5, 5.41) is 0. The van der Waals surface area contributed by atoms with Crippen LogP contribution in [0.25, 0.3) is 0 Å². The first-order valence-electron chi connectivity index (χ1n) is 10.9. The maximum Gasteiger partial charge on any atom is 0.334 e. The van der Waals surface area contributed by atoms with E-state index in [0.29, 0.717) is 12.8 Å². The summed E-state index contributed by atoms with van der Waals surface area (Å²) in [6, 6.07) is 0. The Hall–Kier alpha value is -2.72. The van der Waals surface area contributed by atoms with Gasteiger partial charge in [0.1, 0.15) is 30.3 Å². The van der Waals surface area contributed by atoms with E-state index in [2.05, 4.69) is 6.58 Å². The summed E-state index contributed by atoms with van der Waals surface area (Å²) in [6.07, 6.45) is -0.560. The van der Waals surface area contributed by atoms with E-state index < -0.39 is 65.4 Å². The SMILES string of the molecule is C=C1C(=O)O[C@H]2[C@H]1[C@@H](OC(C)=O)[C@H](C(=O)OC1(C)OC1C)/C(C(=O)OC)=C\CC[C@]1(C)O[C@@H]21. The summed E-state index contributed by atoms with van der Waals surface area (Å²) >= 11 is 0. The minimum atomic E-state index is -1.41. The van der Waals surface area contributed by atoms with E-state index in [4.69, 9.17) is 28.4 Å². The summed E-state index contributed by atoms with van der Waals surface area (Å²) in [5.74, 6) is -6.55. The van der Waals surface area contributed by atoms with Gasteiger partial charge in [-0.2, -0.15) is 0 Å². The van der Waals surface area contributed by atoms with Gasteiger partial charge in [0.15, 0.2) is 0 Å². The average Bonchev–Trinajstić information content (AvgIpc) is 3.53. The average molecular weight is 464 g/mol. The highest BCUT2D eigenvalue weighted by Crippen LogP contribution is 2.51. The standard InChI is InChI=1S/C23H28O10/c1-10-14-16(29-12(3)24)15(21(27)33-23(5)11(2)31-23)13(20(26)28-6)8-7-9-22(4)18(32-22)17(14)30-19(10)25/h8,11,14-18H,1,7,9H2,2-6H3/b13-8+/t11?,14-,15-,16-,17+,18+,22+,23?/m1/s1. The third-order valence-corrected chi connectivity index (χ3v) is 6.90. The number of rotatable bonds is 4. The Labute approximate surface area is 191 Å². The molecule has 2 unspecified atom stereocenters. The second-order valence-corrected chi connectivity index (χ2v) is 9.21. The van der Waals surface area contributed by atoms with Crippen LogP contribution in [0.2, 0.25) is 0 Å². The molecule has 0 bridgehead atoms. The van der Waals surface area contributed by atoms with E-state index in [9.17, 15) is 19.2 Å². The summed E-state index contributed by atoms with van der Waals surface area (Å²) < 4.78 is 32.9. The fourth-order valence-corrected chi connectivity index (χ4v) is 4.75. The first-order valence-corrected chi connectivity index (χ1v) is 10.9. The van der Waals surface area contributed by atoms with Gasteiger partial charge in [-0.25, -0.2) is 9.59 Å². The molecule has 4 rings (SSSR count). The number of esters is 4. The first kappa shape index (κ1) is 23.4. The monoisotopic (exact) mass is 464 g/mol. The number of carbonyl (C=O) groups excluding carboxylic acids is 4. The Kier molecular flexibility index (Phi) is 5.65. The van der Waals surface area contributed by atoms with Crippen molar-refractivity contribution in [2.24, 2.45) is 11.8 Å². The molecule has 10 nitrogen and oxygen atoms in total. The lowest BCUT2D eigenvalue weighted by Crippen LogP contribution is -2.47. The van der Waals surface area contributed by atoms with Crippen LogP contribution in [0, 0.1) is 11.8 Å². The van der Waals surface area contributed by atoms with Gasteiger partial charge in [0, 0.05) is 19.4 Å². The Bertz CT molecular complexity index is 953. The van der Waals surface area contributed by atoms with Crippen LogP contribution in [0.1, 0.15) is 40.5 Å². The van der Waals surface area contributed by atoms with Gasteiger partial charge in [-0.3, -0.25) is 9.59 Å². The van der Waals surface area contributed by atoms with Crippen molar-refractivity contribution in [2.75, 3.05) is 7.11 Å². The lowest BCUT2D eigenvalue weighted by molar-refractivity contribution is -0.173. The highest BCUT2D eigenvalue weighted by atomic mass is 16.8. The van der Waals surface area contributed by atoms with Gasteiger partial charge in [0.05, 0.1) is 24.2 Å². The molecule has 180 valence electrons. The van der Waals surface area contributed by atoms with Crippen LogP contribution in [0.3, 0.4) is 0 Å². The largest absolute Gasteiger partial charge is 0.466 e. The summed E-state index contributed by atoms with van der Waals surface area (Å²) in [4.78, 5) is 50.9. The maximum atomic E-state index is 13.5. The highest BCUT2D eigenvalue weighted by molar-refractivity contribution is 5.97. The first-order chi connectivity index (χ1) is 15.4. The fourth-order valence-electron chi connectivity index (χ4n) is 4.75. The van der Waals surface area contributed by atoms with Gasteiger partial charge >= 0.3 is 23.9 Å². The fraction of sp³-hybridized carbons (Fsp3) is 0.652. The smallest absolute Gasteiger partial charge is 0.334 e. The molecule has 0 aromatic rings. The molecule has 3 heterocycles. The summed E-state index contributed by atoms with van der Waals surface area (Å²) in [7, 11) is 1.18. The summed E-state index contributed by atoms with van der Waals surface area (Å²) in [5.41, 5.74) is -0.627. The molecular weight excluding hydrogens is 436 g/mol. The van der Waals surface area contributed by atoms with Gasteiger partial charge in [0.2, 0.25) is 5.79 Å². The van der Waals surface area contributed by atoms with Gasteiger partial charge < -0.3 is 28.4 Å². The van der Waals surface area contributed by atoms with E-state index in [-0.39, 0.29) is 17.3 Å². The van der Waals surface area contributed by atoms with Gasteiger partial charge in [0.25, 0.3) is 0 Å². The van der Waals surface area contributed by atoms with Crippen molar-refractivity contribution in [3.05, 3.63) is 23.8 Å². The minimum absolute atomic E-state index is 0.0222. The van der Waals surface area contributed by atoms with Gasteiger partial charge in [-0.1, -0.05) is 12.7 Å². The number of methoxy groups -OCH3 is 1. The molecule has 33 heavy (non-hydrogen) atoms. The van der Waals surface area contributed by atoms with E-state index >= 15 is 0 Å².